The maximum atomic E-state index is 11.3. The Balaban J connectivity index is 2.04. The highest BCUT2D eigenvalue weighted by Gasteiger charge is 2.20. The maximum Gasteiger partial charge on any atom is 0.213 e. The molecule has 1 N–H and O–H groups in total. The summed E-state index contributed by atoms with van der Waals surface area (Å²) in [5.41, 5.74) is 1.14. The fourth-order valence-electron chi connectivity index (χ4n) is 1.57. The first-order valence-corrected chi connectivity index (χ1v) is 7.64. The summed E-state index contributed by atoms with van der Waals surface area (Å²) in [5, 5.41) is 0. The van der Waals surface area contributed by atoms with Crippen LogP contribution in [0.3, 0.4) is 0 Å². The number of fused-ring (bicyclic) bond motifs is 1. The molecule has 0 unspecified atom stereocenters. The molecule has 4 nitrogen and oxygen atoms in total. The smallest absolute Gasteiger partial charge is 0.213 e. The Kier molecular flexibility index (Phi) is 3.41. The normalized spacial score (nSPS) is 15.2. The van der Waals surface area contributed by atoms with Gasteiger partial charge in [0.2, 0.25) is 10.0 Å². The van der Waals surface area contributed by atoms with Crippen molar-refractivity contribution in [3.05, 3.63) is 24.3 Å². The van der Waals surface area contributed by atoms with E-state index in [0.29, 0.717) is 6.54 Å². The van der Waals surface area contributed by atoms with Gasteiger partial charge in [-0.15, -0.1) is 11.8 Å². The summed E-state index contributed by atoms with van der Waals surface area (Å²) >= 11 is 1.74. The summed E-state index contributed by atoms with van der Waals surface area (Å²) in [4.78, 5) is 3.32. The third-order valence-corrected chi connectivity index (χ3v) is 4.96. The first-order valence-electron chi connectivity index (χ1n) is 5.00. The van der Waals surface area contributed by atoms with E-state index in [9.17, 15) is 8.42 Å². The zero-order valence-corrected chi connectivity index (χ0v) is 10.6. The van der Waals surface area contributed by atoms with Gasteiger partial charge in [-0.25, -0.2) is 13.1 Å². The first kappa shape index (κ1) is 11.8. The van der Waals surface area contributed by atoms with Crippen LogP contribution in [-0.2, 0) is 10.0 Å². The molecule has 0 amide bonds. The molecule has 2 rings (SSSR count). The molecule has 0 radical (unpaired) electrons. The molecule has 6 heteroatoms. The third-order valence-electron chi connectivity index (χ3n) is 2.52. The van der Waals surface area contributed by atoms with Crippen molar-refractivity contribution in [2.45, 2.75) is 4.90 Å². The molecule has 0 spiro atoms. The van der Waals surface area contributed by atoms with Crippen molar-refractivity contribution in [3.8, 4) is 0 Å². The van der Waals surface area contributed by atoms with E-state index in [-0.39, 0.29) is 5.75 Å². The minimum Gasteiger partial charge on any atom is -0.360 e. The second-order valence-corrected chi connectivity index (χ2v) is 6.56. The summed E-state index contributed by atoms with van der Waals surface area (Å²) in [7, 11) is -1.66. The van der Waals surface area contributed by atoms with Crippen molar-refractivity contribution in [1.82, 2.24) is 4.72 Å². The largest absolute Gasteiger partial charge is 0.360 e. The molecule has 0 aliphatic carbocycles. The summed E-state index contributed by atoms with van der Waals surface area (Å²) in [6.45, 7) is 0.535. The molecule has 0 bridgehead atoms. The number of para-hydroxylation sites is 1. The van der Waals surface area contributed by atoms with E-state index in [2.05, 4.69) is 15.7 Å². The highest BCUT2D eigenvalue weighted by Crippen LogP contribution is 2.37. The summed E-state index contributed by atoms with van der Waals surface area (Å²) in [6, 6.07) is 8.07. The number of rotatable bonds is 4. The van der Waals surface area contributed by atoms with Crippen molar-refractivity contribution < 1.29 is 8.42 Å². The minimum absolute atomic E-state index is 0.137. The Morgan fingerprint density at radius 1 is 1.44 bits per heavy atom. The van der Waals surface area contributed by atoms with Gasteiger partial charge < -0.3 is 4.90 Å². The van der Waals surface area contributed by atoms with Gasteiger partial charge in [0.15, 0.2) is 0 Å². The van der Waals surface area contributed by atoms with Crippen molar-refractivity contribution >= 4 is 27.5 Å². The zero-order valence-electron chi connectivity index (χ0n) is 9.01. The van der Waals surface area contributed by atoms with Crippen LogP contribution in [0, 0.1) is 0 Å². The molecule has 16 heavy (non-hydrogen) atoms. The number of nitrogens with zero attached hydrogens (tertiary/aromatic N) is 1. The predicted octanol–water partition coefficient (Wildman–Crippen LogP) is 1.11. The summed E-state index contributed by atoms with van der Waals surface area (Å²) < 4.78 is 25.0. The predicted molar refractivity (Wildman–Crippen MR) is 67.4 cm³/mol. The number of sulfonamides is 1. The quantitative estimate of drug-likeness (QED) is 0.879. The fourth-order valence-corrected chi connectivity index (χ4v) is 3.32. The van der Waals surface area contributed by atoms with Gasteiger partial charge in [0, 0.05) is 11.4 Å². The lowest BCUT2D eigenvalue weighted by Gasteiger charge is -2.17. The van der Waals surface area contributed by atoms with Crippen molar-refractivity contribution in [3.63, 3.8) is 0 Å². The Bertz CT molecular complexity index is 473. The van der Waals surface area contributed by atoms with Gasteiger partial charge in [-0.1, -0.05) is 12.1 Å². The number of benzene rings is 1. The van der Waals surface area contributed by atoms with Crippen LogP contribution in [0.5, 0.6) is 0 Å². The standard InChI is InChI=1S/C10H14N2O2S2/c1-11-16(13,14)7-6-12-8-15-10-5-3-2-4-9(10)12/h2-5,11H,6-8H2,1H3. The highest BCUT2D eigenvalue weighted by molar-refractivity contribution is 7.99. The molecule has 0 aromatic heterocycles. The van der Waals surface area contributed by atoms with E-state index in [1.165, 1.54) is 11.9 Å². The molecule has 88 valence electrons. The number of hydrogen-bond donors (Lipinski definition) is 1. The van der Waals surface area contributed by atoms with Crippen molar-refractivity contribution in [2.24, 2.45) is 0 Å². The molecule has 0 atom stereocenters. The Hall–Kier alpha value is -0.720. The molecule has 0 saturated heterocycles. The lowest BCUT2D eigenvalue weighted by Crippen LogP contribution is -2.31. The van der Waals surface area contributed by atoms with Crippen molar-refractivity contribution in [1.29, 1.82) is 0 Å². The number of nitrogens with one attached hydrogen (secondary N) is 1. The molecule has 1 aromatic carbocycles. The van der Waals surface area contributed by atoms with E-state index in [0.717, 1.165) is 11.6 Å². The second-order valence-electron chi connectivity index (χ2n) is 3.53. The van der Waals surface area contributed by atoms with Gasteiger partial charge in [0.05, 0.1) is 17.3 Å². The molecule has 1 aliphatic heterocycles. The van der Waals surface area contributed by atoms with Crippen molar-refractivity contribution in [2.75, 3.05) is 30.1 Å². The van der Waals surface area contributed by atoms with Crippen LogP contribution >= 0.6 is 11.8 Å². The lowest BCUT2D eigenvalue weighted by atomic mass is 10.3. The summed E-state index contributed by atoms with van der Waals surface area (Å²) in [5.74, 6) is 0.969. The number of anilines is 1. The van der Waals surface area contributed by atoms with Gasteiger partial charge in [-0.05, 0) is 19.2 Å². The molecular formula is C10H14N2O2S2. The van der Waals surface area contributed by atoms with Gasteiger partial charge in [-0.3, -0.25) is 0 Å². The fraction of sp³-hybridized carbons (Fsp3) is 0.400. The van der Waals surface area contributed by atoms with Gasteiger partial charge in [-0.2, -0.15) is 0 Å². The first-order chi connectivity index (χ1) is 7.62. The lowest BCUT2D eigenvalue weighted by molar-refractivity contribution is 0.587. The van der Waals surface area contributed by atoms with Gasteiger partial charge in [0.1, 0.15) is 0 Å². The van der Waals surface area contributed by atoms with Crippen LogP contribution in [0.15, 0.2) is 29.2 Å². The second kappa shape index (κ2) is 4.65. The van der Waals surface area contributed by atoms with Crippen LogP contribution in [-0.4, -0.2) is 33.6 Å². The molecule has 1 heterocycles. The van der Waals surface area contributed by atoms with Crippen LogP contribution in [0.4, 0.5) is 5.69 Å². The van der Waals surface area contributed by atoms with E-state index in [1.807, 2.05) is 18.2 Å². The van der Waals surface area contributed by atoms with E-state index in [1.54, 1.807) is 11.8 Å². The Morgan fingerprint density at radius 3 is 2.94 bits per heavy atom. The van der Waals surface area contributed by atoms with Gasteiger partial charge >= 0.3 is 0 Å². The Morgan fingerprint density at radius 2 is 2.19 bits per heavy atom. The molecule has 0 saturated carbocycles. The van der Waals surface area contributed by atoms with Crippen LogP contribution in [0.2, 0.25) is 0 Å². The monoisotopic (exact) mass is 258 g/mol. The van der Waals surface area contributed by atoms with Crippen LogP contribution in [0.1, 0.15) is 0 Å². The number of hydrogen-bond acceptors (Lipinski definition) is 4. The number of thioether (sulfide) groups is 1. The van der Waals surface area contributed by atoms with E-state index in [4.69, 9.17) is 0 Å². The maximum absolute atomic E-state index is 11.3. The zero-order chi connectivity index (χ0) is 11.6. The van der Waals surface area contributed by atoms with E-state index >= 15 is 0 Å². The van der Waals surface area contributed by atoms with E-state index < -0.39 is 10.0 Å². The molecular weight excluding hydrogens is 244 g/mol. The molecule has 1 aromatic rings. The van der Waals surface area contributed by atoms with Crippen LogP contribution < -0.4 is 9.62 Å². The van der Waals surface area contributed by atoms with Gasteiger partial charge in [0.25, 0.3) is 0 Å². The Labute approximate surface area is 100 Å². The third kappa shape index (κ3) is 2.50. The highest BCUT2D eigenvalue weighted by atomic mass is 32.2. The molecule has 0 fully saturated rings. The summed E-state index contributed by atoms with van der Waals surface area (Å²) in [6.07, 6.45) is 0. The van der Waals surface area contributed by atoms with Crippen LogP contribution in [0.25, 0.3) is 0 Å². The molecule has 1 aliphatic rings. The average Bonchev–Trinajstić information content (AvgIpc) is 2.70. The average molecular weight is 258 g/mol. The topological polar surface area (TPSA) is 49.4 Å². The SMILES string of the molecule is CNS(=O)(=O)CCN1CSc2ccccc21. The minimum atomic E-state index is -3.11.